The molecule has 1 aliphatic heterocycles. The predicted molar refractivity (Wildman–Crippen MR) is 123 cm³/mol. The Kier molecular flexibility index (Phi) is 7.27. The van der Waals surface area contributed by atoms with Gasteiger partial charge in [-0.2, -0.15) is 0 Å². The van der Waals surface area contributed by atoms with E-state index in [1.54, 1.807) is 30.3 Å². The molecule has 0 aliphatic carbocycles. The van der Waals surface area contributed by atoms with Crippen molar-refractivity contribution in [3.05, 3.63) is 42.0 Å². The molecule has 2 aromatic carbocycles. The van der Waals surface area contributed by atoms with Crippen molar-refractivity contribution in [3.63, 3.8) is 0 Å². The van der Waals surface area contributed by atoms with Gasteiger partial charge in [-0.25, -0.2) is 8.42 Å². The lowest BCUT2D eigenvalue weighted by atomic mass is 10.00. The van der Waals surface area contributed by atoms with E-state index in [1.165, 1.54) is 0 Å². The molecule has 31 heavy (non-hydrogen) atoms. The number of amides is 1. The number of carbonyl (C=O) groups is 1. The van der Waals surface area contributed by atoms with E-state index in [9.17, 15) is 13.2 Å². The molecule has 0 bridgehead atoms. The van der Waals surface area contributed by atoms with E-state index < -0.39 is 10.0 Å². The van der Waals surface area contributed by atoms with Crippen LogP contribution in [0.25, 0.3) is 0 Å². The summed E-state index contributed by atoms with van der Waals surface area (Å²) >= 11 is 0. The summed E-state index contributed by atoms with van der Waals surface area (Å²) in [5.41, 5.74) is 2.89. The molecular weight excluding hydrogens is 418 g/mol. The number of hydrogen-bond donors (Lipinski definition) is 2. The highest BCUT2D eigenvalue weighted by molar-refractivity contribution is 7.92. The van der Waals surface area contributed by atoms with Gasteiger partial charge in [0.2, 0.25) is 15.9 Å². The number of nitrogens with zero attached hydrogens (tertiary/aromatic N) is 1. The molecule has 2 N–H and O–H groups in total. The Balaban J connectivity index is 1.78. The van der Waals surface area contributed by atoms with Gasteiger partial charge < -0.3 is 19.7 Å². The van der Waals surface area contributed by atoms with Crippen molar-refractivity contribution in [2.45, 2.75) is 26.7 Å². The number of anilines is 3. The molecule has 3 rings (SSSR count). The summed E-state index contributed by atoms with van der Waals surface area (Å²) in [5, 5.41) is 2.93. The number of sulfonamides is 1. The number of ether oxygens (including phenoxy) is 2. The molecule has 9 heteroatoms. The van der Waals surface area contributed by atoms with Crippen molar-refractivity contribution in [2.24, 2.45) is 0 Å². The molecule has 0 saturated carbocycles. The summed E-state index contributed by atoms with van der Waals surface area (Å²) in [5.74, 6) is 1.04. The first-order chi connectivity index (χ1) is 14.8. The van der Waals surface area contributed by atoms with E-state index in [0.717, 1.165) is 30.3 Å². The maximum atomic E-state index is 12.9. The van der Waals surface area contributed by atoms with Crippen LogP contribution in [0, 0.1) is 0 Å². The van der Waals surface area contributed by atoms with E-state index in [0.29, 0.717) is 42.6 Å². The number of hydrogen-bond acceptors (Lipinski definition) is 6. The molecule has 0 radical (unpaired) electrons. The molecule has 2 aromatic rings. The quantitative estimate of drug-likeness (QED) is 0.613. The van der Waals surface area contributed by atoms with Crippen LogP contribution in [0.15, 0.2) is 36.4 Å². The van der Waals surface area contributed by atoms with Crippen LogP contribution in [0.3, 0.4) is 0 Å². The van der Waals surface area contributed by atoms with Crippen LogP contribution < -0.4 is 24.4 Å². The van der Waals surface area contributed by atoms with Crippen LogP contribution in [-0.4, -0.2) is 46.9 Å². The molecule has 168 valence electrons. The van der Waals surface area contributed by atoms with Gasteiger partial charge in [0.25, 0.3) is 0 Å². The summed E-state index contributed by atoms with van der Waals surface area (Å²) in [6, 6.07) is 10.8. The third-order valence-electron chi connectivity index (χ3n) is 4.81. The molecule has 1 aliphatic rings. The van der Waals surface area contributed by atoms with Gasteiger partial charge in [-0.05, 0) is 56.5 Å². The normalized spacial score (nSPS) is 13.3. The summed E-state index contributed by atoms with van der Waals surface area (Å²) < 4.78 is 37.1. The number of benzene rings is 2. The number of nitrogens with one attached hydrogen (secondary N) is 2. The Labute approximate surface area is 183 Å². The fourth-order valence-electron chi connectivity index (χ4n) is 3.67. The fraction of sp³-hybridized carbons (Fsp3) is 0.409. The number of fused-ring (bicyclic) bond motifs is 1. The monoisotopic (exact) mass is 447 g/mol. The van der Waals surface area contributed by atoms with Crippen LogP contribution in [0.5, 0.6) is 11.5 Å². The van der Waals surface area contributed by atoms with Crippen LogP contribution in [0.2, 0.25) is 0 Å². The van der Waals surface area contributed by atoms with Crippen molar-refractivity contribution < 1.29 is 22.7 Å². The van der Waals surface area contributed by atoms with Crippen molar-refractivity contribution in [3.8, 4) is 11.5 Å². The van der Waals surface area contributed by atoms with Crippen LogP contribution in [0.1, 0.15) is 25.8 Å². The van der Waals surface area contributed by atoms with Crippen molar-refractivity contribution >= 4 is 33.0 Å². The second-order valence-electron chi connectivity index (χ2n) is 7.27. The van der Waals surface area contributed by atoms with Gasteiger partial charge in [0.05, 0.1) is 37.4 Å². The Morgan fingerprint density at radius 1 is 1.10 bits per heavy atom. The van der Waals surface area contributed by atoms with Gasteiger partial charge in [0.15, 0.2) is 0 Å². The molecule has 1 heterocycles. The summed E-state index contributed by atoms with van der Waals surface area (Å²) in [4.78, 5) is 14.8. The number of carbonyl (C=O) groups excluding carboxylic acids is 1. The zero-order valence-electron chi connectivity index (χ0n) is 18.1. The average Bonchev–Trinajstić information content (AvgIpc) is 2.70. The average molecular weight is 448 g/mol. The molecule has 0 aromatic heterocycles. The first-order valence-electron chi connectivity index (χ1n) is 10.3. The Morgan fingerprint density at radius 2 is 1.87 bits per heavy atom. The lowest BCUT2D eigenvalue weighted by Gasteiger charge is -2.32. The lowest BCUT2D eigenvalue weighted by molar-refractivity contribution is -0.115. The zero-order valence-corrected chi connectivity index (χ0v) is 18.9. The molecule has 0 atom stereocenters. The largest absolute Gasteiger partial charge is 0.494 e. The Hall–Kier alpha value is -2.94. The second kappa shape index (κ2) is 9.91. The molecule has 8 nitrogen and oxygen atoms in total. The van der Waals surface area contributed by atoms with Gasteiger partial charge >= 0.3 is 0 Å². The molecule has 0 fully saturated rings. The minimum Gasteiger partial charge on any atom is -0.494 e. The first kappa shape index (κ1) is 22.7. The predicted octanol–water partition coefficient (Wildman–Crippen LogP) is 3.25. The molecule has 0 saturated heterocycles. The van der Waals surface area contributed by atoms with E-state index >= 15 is 0 Å². The molecular formula is C22H29N3O5S. The van der Waals surface area contributed by atoms with Crippen LogP contribution in [-0.2, 0) is 21.2 Å². The van der Waals surface area contributed by atoms with Gasteiger partial charge in [-0.1, -0.05) is 6.07 Å². The maximum Gasteiger partial charge on any atom is 0.243 e. The lowest BCUT2D eigenvalue weighted by Crippen LogP contribution is -2.37. The van der Waals surface area contributed by atoms with E-state index in [1.807, 2.05) is 24.8 Å². The Morgan fingerprint density at radius 3 is 2.58 bits per heavy atom. The fourth-order valence-corrected chi connectivity index (χ4v) is 4.26. The zero-order chi connectivity index (χ0) is 22.4. The van der Waals surface area contributed by atoms with Gasteiger partial charge in [0.1, 0.15) is 11.5 Å². The standard InChI is InChI=1S/C22H29N3O5S/c1-4-29-16-11-12-21(30-5-2)19(14-16)23-22(26)15-25-13-7-8-17-18(24-31(3,27)28)9-6-10-20(17)25/h6,9-12,14,24H,4-5,7-8,13,15H2,1-3H3,(H,23,26). The highest BCUT2D eigenvalue weighted by atomic mass is 32.2. The van der Waals surface area contributed by atoms with Crippen molar-refractivity contribution in [1.29, 1.82) is 0 Å². The maximum absolute atomic E-state index is 12.9. The smallest absolute Gasteiger partial charge is 0.243 e. The van der Waals surface area contributed by atoms with Gasteiger partial charge in [0, 0.05) is 18.3 Å². The first-order valence-corrected chi connectivity index (χ1v) is 12.2. The topological polar surface area (TPSA) is 97.0 Å². The third-order valence-corrected chi connectivity index (χ3v) is 5.40. The van der Waals surface area contributed by atoms with Crippen LogP contribution in [0.4, 0.5) is 17.1 Å². The van der Waals surface area contributed by atoms with E-state index in [-0.39, 0.29) is 12.5 Å². The summed E-state index contributed by atoms with van der Waals surface area (Å²) in [6.07, 6.45) is 2.70. The van der Waals surface area contributed by atoms with E-state index in [2.05, 4.69) is 10.0 Å². The highest BCUT2D eigenvalue weighted by Crippen LogP contribution is 2.34. The van der Waals surface area contributed by atoms with E-state index in [4.69, 9.17) is 9.47 Å². The highest BCUT2D eigenvalue weighted by Gasteiger charge is 2.23. The minimum atomic E-state index is -3.38. The molecule has 1 amide bonds. The summed E-state index contributed by atoms with van der Waals surface area (Å²) in [7, 11) is -3.38. The second-order valence-corrected chi connectivity index (χ2v) is 9.02. The van der Waals surface area contributed by atoms with Crippen molar-refractivity contribution in [1.82, 2.24) is 0 Å². The van der Waals surface area contributed by atoms with Gasteiger partial charge in [-0.3, -0.25) is 9.52 Å². The van der Waals surface area contributed by atoms with Crippen LogP contribution >= 0.6 is 0 Å². The third kappa shape index (κ3) is 6.04. The van der Waals surface area contributed by atoms with Gasteiger partial charge in [-0.15, -0.1) is 0 Å². The SMILES string of the molecule is CCOc1ccc(OCC)c(NC(=O)CN2CCCc3c(NS(C)(=O)=O)cccc32)c1. The summed E-state index contributed by atoms with van der Waals surface area (Å²) in [6.45, 7) is 5.63. The Bertz CT molecular complexity index is 1040. The molecule has 0 spiro atoms. The number of rotatable bonds is 9. The molecule has 0 unspecified atom stereocenters. The minimum absolute atomic E-state index is 0.139. The van der Waals surface area contributed by atoms with Crippen molar-refractivity contribution in [2.75, 3.05) is 47.5 Å².